The molecule has 0 aromatic carbocycles. The van der Waals surface area contributed by atoms with Crippen molar-refractivity contribution in [2.45, 2.75) is 32.6 Å². The van der Waals surface area contributed by atoms with Crippen LogP contribution in [0.2, 0.25) is 0 Å². The summed E-state index contributed by atoms with van der Waals surface area (Å²) in [6, 6.07) is 0. The predicted molar refractivity (Wildman–Crippen MR) is 60.2 cm³/mol. The maximum atomic E-state index is 11.7. The summed E-state index contributed by atoms with van der Waals surface area (Å²) >= 11 is 0. The molecule has 0 spiro atoms. The number of carbonyl (C=O) groups excluding carboxylic acids is 1. The quantitative estimate of drug-likeness (QED) is 0.761. The molecule has 1 aliphatic carbocycles. The first-order valence-electron chi connectivity index (χ1n) is 6.17. The van der Waals surface area contributed by atoms with E-state index >= 15 is 0 Å². The van der Waals surface area contributed by atoms with Gasteiger partial charge in [-0.15, -0.1) is 0 Å². The van der Waals surface area contributed by atoms with Gasteiger partial charge in [0.05, 0.1) is 0 Å². The molecule has 3 nitrogen and oxygen atoms in total. The molecule has 0 aromatic rings. The van der Waals surface area contributed by atoms with Crippen molar-refractivity contribution < 1.29 is 4.79 Å². The monoisotopic (exact) mass is 210 g/mol. The zero-order valence-corrected chi connectivity index (χ0v) is 9.61. The first kappa shape index (κ1) is 10.9. The third-order valence-corrected chi connectivity index (χ3v) is 3.91. The smallest absolute Gasteiger partial charge is 0.222 e. The van der Waals surface area contributed by atoms with Crippen molar-refractivity contribution in [3.63, 3.8) is 0 Å². The Labute approximate surface area is 92.0 Å². The van der Waals surface area contributed by atoms with E-state index in [2.05, 4.69) is 6.92 Å². The summed E-state index contributed by atoms with van der Waals surface area (Å²) in [5, 5.41) is 0. The van der Waals surface area contributed by atoms with Crippen LogP contribution in [0.1, 0.15) is 32.6 Å². The second kappa shape index (κ2) is 4.52. The van der Waals surface area contributed by atoms with E-state index in [1.165, 1.54) is 19.3 Å². The molecule has 3 unspecified atom stereocenters. The van der Waals surface area contributed by atoms with Gasteiger partial charge in [0.15, 0.2) is 0 Å². The molecule has 2 fully saturated rings. The van der Waals surface area contributed by atoms with Crippen LogP contribution < -0.4 is 5.73 Å². The average molecular weight is 210 g/mol. The standard InChI is InChI=1S/C12H22N2O/c1-9-2-3-10(4-9)7-14-8-11(6-13)5-12(14)15/h9-11H,2-8,13H2,1H3. The molecule has 2 aliphatic rings. The molecule has 0 aromatic heterocycles. The second-order valence-electron chi connectivity index (χ2n) is 5.39. The minimum atomic E-state index is 0.324. The van der Waals surface area contributed by atoms with Gasteiger partial charge >= 0.3 is 0 Å². The number of likely N-dealkylation sites (tertiary alicyclic amines) is 1. The Balaban J connectivity index is 1.82. The van der Waals surface area contributed by atoms with Gasteiger partial charge in [-0.25, -0.2) is 0 Å². The summed E-state index contributed by atoms with van der Waals surface area (Å²) in [6.45, 7) is 4.86. The van der Waals surface area contributed by atoms with Gasteiger partial charge in [-0.2, -0.15) is 0 Å². The van der Waals surface area contributed by atoms with Crippen molar-refractivity contribution in [1.82, 2.24) is 4.90 Å². The number of nitrogens with zero attached hydrogens (tertiary/aromatic N) is 1. The lowest BCUT2D eigenvalue weighted by Gasteiger charge is -2.20. The Bertz CT molecular complexity index is 242. The molecule has 15 heavy (non-hydrogen) atoms. The number of nitrogens with two attached hydrogens (primary N) is 1. The van der Waals surface area contributed by atoms with Crippen LogP contribution in [0.3, 0.4) is 0 Å². The third kappa shape index (κ3) is 2.51. The maximum absolute atomic E-state index is 11.7. The molecule has 3 heteroatoms. The van der Waals surface area contributed by atoms with Gasteiger partial charge in [-0.3, -0.25) is 4.79 Å². The molecule has 1 amide bonds. The van der Waals surface area contributed by atoms with E-state index in [-0.39, 0.29) is 0 Å². The topological polar surface area (TPSA) is 46.3 Å². The van der Waals surface area contributed by atoms with Crippen LogP contribution in [0.25, 0.3) is 0 Å². The summed E-state index contributed by atoms with van der Waals surface area (Å²) in [6.07, 6.45) is 4.63. The molecule has 3 atom stereocenters. The molecule has 1 heterocycles. The second-order valence-corrected chi connectivity index (χ2v) is 5.39. The highest BCUT2D eigenvalue weighted by atomic mass is 16.2. The number of amides is 1. The summed E-state index contributed by atoms with van der Waals surface area (Å²) in [4.78, 5) is 13.7. The Morgan fingerprint density at radius 3 is 2.73 bits per heavy atom. The van der Waals surface area contributed by atoms with Crippen LogP contribution in [0, 0.1) is 17.8 Å². The predicted octanol–water partition coefficient (Wildman–Crippen LogP) is 1.23. The van der Waals surface area contributed by atoms with Crippen LogP contribution in [0.5, 0.6) is 0 Å². The normalized spacial score (nSPS) is 36.5. The van der Waals surface area contributed by atoms with Crippen LogP contribution in [0.15, 0.2) is 0 Å². The van der Waals surface area contributed by atoms with E-state index in [1.54, 1.807) is 0 Å². The van der Waals surface area contributed by atoms with E-state index in [4.69, 9.17) is 5.73 Å². The summed E-state index contributed by atoms with van der Waals surface area (Å²) in [5.74, 6) is 2.35. The van der Waals surface area contributed by atoms with Gasteiger partial charge in [-0.1, -0.05) is 13.3 Å². The van der Waals surface area contributed by atoms with Crippen LogP contribution in [0.4, 0.5) is 0 Å². The first-order valence-corrected chi connectivity index (χ1v) is 6.17. The number of hydrogen-bond donors (Lipinski definition) is 1. The van der Waals surface area contributed by atoms with Crippen molar-refractivity contribution in [2.75, 3.05) is 19.6 Å². The van der Waals surface area contributed by atoms with Gasteiger partial charge < -0.3 is 10.6 Å². The van der Waals surface area contributed by atoms with E-state index in [0.717, 1.165) is 24.9 Å². The van der Waals surface area contributed by atoms with Gasteiger partial charge in [0.2, 0.25) is 5.91 Å². The lowest BCUT2D eigenvalue weighted by molar-refractivity contribution is -0.128. The Hall–Kier alpha value is -0.570. The fourth-order valence-corrected chi connectivity index (χ4v) is 2.99. The van der Waals surface area contributed by atoms with Gasteiger partial charge in [-0.05, 0) is 37.1 Å². The molecule has 1 aliphatic heterocycles. The molecule has 2 N–H and O–H groups in total. The third-order valence-electron chi connectivity index (χ3n) is 3.91. The zero-order chi connectivity index (χ0) is 10.8. The van der Waals surface area contributed by atoms with Crippen LogP contribution in [-0.4, -0.2) is 30.4 Å². The summed E-state index contributed by atoms with van der Waals surface area (Å²) in [7, 11) is 0. The zero-order valence-electron chi connectivity index (χ0n) is 9.61. The minimum absolute atomic E-state index is 0.324. The first-order chi connectivity index (χ1) is 7.19. The molecule has 86 valence electrons. The largest absolute Gasteiger partial charge is 0.342 e. The molecule has 1 saturated carbocycles. The Kier molecular flexibility index (Phi) is 3.29. The lowest BCUT2D eigenvalue weighted by Crippen LogP contribution is -2.30. The van der Waals surface area contributed by atoms with Crippen molar-refractivity contribution in [1.29, 1.82) is 0 Å². The molecule has 0 radical (unpaired) electrons. The van der Waals surface area contributed by atoms with Gasteiger partial charge in [0.25, 0.3) is 0 Å². The maximum Gasteiger partial charge on any atom is 0.222 e. The minimum Gasteiger partial charge on any atom is -0.342 e. The fraction of sp³-hybridized carbons (Fsp3) is 0.917. The Morgan fingerprint density at radius 1 is 1.40 bits per heavy atom. The highest BCUT2D eigenvalue weighted by Crippen LogP contribution is 2.32. The molecule has 1 saturated heterocycles. The molecule has 0 bridgehead atoms. The van der Waals surface area contributed by atoms with E-state index in [9.17, 15) is 4.79 Å². The highest BCUT2D eigenvalue weighted by Gasteiger charge is 2.31. The molecular weight excluding hydrogens is 188 g/mol. The van der Waals surface area contributed by atoms with Crippen LogP contribution >= 0.6 is 0 Å². The summed E-state index contributed by atoms with van der Waals surface area (Å²) in [5.41, 5.74) is 5.61. The highest BCUT2D eigenvalue weighted by molar-refractivity contribution is 5.78. The van der Waals surface area contributed by atoms with Crippen molar-refractivity contribution in [3.8, 4) is 0 Å². The van der Waals surface area contributed by atoms with Crippen molar-refractivity contribution in [3.05, 3.63) is 0 Å². The summed E-state index contributed by atoms with van der Waals surface area (Å²) < 4.78 is 0. The van der Waals surface area contributed by atoms with Crippen molar-refractivity contribution in [2.24, 2.45) is 23.5 Å². The fourth-order valence-electron chi connectivity index (χ4n) is 2.99. The number of carbonyl (C=O) groups is 1. The van der Waals surface area contributed by atoms with E-state index in [1.807, 2.05) is 4.90 Å². The van der Waals surface area contributed by atoms with E-state index < -0.39 is 0 Å². The SMILES string of the molecule is CC1CCC(CN2CC(CN)CC2=O)C1. The van der Waals surface area contributed by atoms with E-state index in [0.29, 0.717) is 24.8 Å². The molecular formula is C12H22N2O. The van der Waals surface area contributed by atoms with Crippen LogP contribution in [-0.2, 0) is 4.79 Å². The molecule has 2 rings (SSSR count). The van der Waals surface area contributed by atoms with Crippen molar-refractivity contribution >= 4 is 5.91 Å². The number of hydrogen-bond acceptors (Lipinski definition) is 2. The van der Waals surface area contributed by atoms with Gasteiger partial charge in [0.1, 0.15) is 0 Å². The number of rotatable bonds is 3. The lowest BCUT2D eigenvalue weighted by atomic mass is 10.1. The Morgan fingerprint density at radius 2 is 2.20 bits per heavy atom. The average Bonchev–Trinajstić information content (AvgIpc) is 2.75. The van der Waals surface area contributed by atoms with Gasteiger partial charge in [0, 0.05) is 19.5 Å².